The largest absolute Gasteiger partial charge is 0.465 e. The van der Waals surface area contributed by atoms with Crippen molar-refractivity contribution in [3.05, 3.63) is 64.7 Å². The Kier molecular flexibility index (Phi) is 9.16. The quantitative estimate of drug-likeness (QED) is 0.518. The summed E-state index contributed by atoms with van der Waals surface area (Å²) in [6.45, 7) is 0.193. The van der Waals surface area contributed by atoms with E-state index in [1.165, 1.54) is 43.1 Å². The Balaban J connectivity index is 2.05. The number of nitrogens with one attached hydrogen (secondary N) is 2. The van der Waals surface area contributed by atoms with Gasteiger partial charge in [-0.15, -0.1) is 0 Å². The Labute approximate surface area is 185 Å². The average molecular weight is 471 g/mol. The van der Waals surface area contributed by atoms with Crippen LogP contribution in [-0.2, 0) is 26.1 Å². The number of hydrogen-bond acceptors (Lipinski definition) is 6. The van der Waals surface area contributed by atoms with E-state index in [1.54, 1.807) is 24.3 Å². The van der Waals surface area contributed by atoms with Crippen molar-refractivity contribution in [2.75, 3.05) is 19.1 Å². The van der Waals surface area contributed by atoms with Gasteiger partial charge in [0, 0.05) is 11.6 Å². The van der Waals surface area contributed by atoms with Crippen LogP contribution in [0.15, 0.2) is 53.4 Å². The van der Waals surface area contributed by atoms with Crippen molar-refractivity contribution in [3.63, 3.8) is 0 Å². The Morgan fingerprint density at radius 1 is 1.10 bits per heavy atom. The minimum Gasteiger partial charge on any atom is -0.465 e. The second kappa shape index (κ2) is 11.4. The van der Waals surface area contributed by atoms with Crippen LogP contribution in [0.4, 0.5) is 0 Å². The van der Waals surface area contributed by atoms with Crippen LogP contribution in [0.2, 0.25) is 5.02 Å². The lowest BCUT2D eigenvalue weighted by atomic mass is 10.1. The standard InChI is InChI=1S/C20H23ClN2O5S2/c1-28-20(25)15-5-3-14(4-6-15)13-22-19(24)18(11-12-29-2)23-30(26,27)17-9-7-16(21)8-10-17/h3-10,18,23H,11-13H2,1-2H3,(H,22,24)/t18-/m1/s1. The molecule has 0 aliphatic heterocycles. The Morgan fingerprint density at radius 3 is 2.30 bits per heavy atom. The topological polar surface area (TPSA) is 102 Å². The fraction of sp³-hybridized carbons (Fsp3) is 0.300. The van der Waals surface area contributed by atoms with Crippen LogP contribution in [0.25, 0.3) is 0 Å². The molecule has 1 amide bonds. The lowest BCUT2D eigenvalue weighted by Crippen LogP contribution is -2.46. The molecule has 2 rings (SSSR count). The molecule has 0 saturated heterocycles. The molecule has 0 unspecified atom stereocenters. The van der Waals surface area contributed by atoms with Gasteiger partial charge in [0.1, 0.15) is 6.04 Å². The van der Waals surface area contributed by atoms with E-state index in [0.29, 0.717) is 22.8 Å². The minimum absolute atomic E-state index is 0.0345. The molecular formula is C20H23ClN2O5S2. The van der Waals surface area contributed by atoms with Crippen LogP contribution < -0.4 is 10.0 Å². The van der Waals surface area contributed by atoms with Gasteiger partial charge in [0.25, 0.3) is 0 Å². The molecule has 1 atom stereocenters. The number of benzene rings is 2. The minimum atomic E-state index is -3.88. The molecule has 0 aliphatic carbocycles. The lowest BCUT2D eigenvalue weighted by molar-refractivity contribution is -0.122. The number of carbonyl (C=O) groups excluding carboxylic acids is 2. The Morgan fingerprint density at radius 2 is 1.73 bits per heavy atom. The van der Waals surface area contributed by atoms with Crippen molar-refractivity contribution < 1.29 is 22.7 Å². The predicted octanol–water partition coefficient (Wildman–Crippen LogP) is 2.84. The highest BCUT2D eigenvalue weighted by molar-refractivity contribution is 7.98. The first-order valence-electron chi connectivity index (χ1n) is 8.98. The molecule has 0 saturated carbocycles. The highest BCUT2D eigenvalue weighted by Crippen LogP contribution is 2.15. The second-order valence-electron chi connectivity index (χ2n) is 6.32. The van der Waals surface area contributed by atoms with Gasteiger partial charge in [-0.05, 0) is 60.4 Å². The fourth-order valence-corrected chi connectivity index (χ4v) is 4.36. The Hall–Kier alpha value is -2.07. The summed E-state index contributed by atoms with van der Waals surface area (Å²) in [5, 5.41) is 3.16. The van der Waals surface area contributed by atoms with Crippen LogP contribution in [0.1, 0.15) is 22.3 Å². The predicted molar refractivity (Wildman–Crippen MR) is 118 cm³/mol. The molecule has 0 aromatic heterocycles. The number of halogens is 1. The maximum Gasteiger partial charge on any atom is 0.337 e. The van der Waals surface area contributed by atoms with Gasteiger partial charge in [-0.25, -0.2) is 13.2 Å². The maximum atomic E-state index is 12.7. The highest BCUT2D eigenvalue weighted by atomic mass is 35.5. The summed E-state index contributed by atoms with van der Waals surface area (Å²) in [7, 11) is -2.58. The van der Waals surface area contributed by atoms with E-state index in [9.17, 15) is 18.0 Å². The Bertz CT molecular complexity index is 964. The average Bonchev–Trinajstić information content (AvgIpc) is 2.75. The van der Waals surface area contributed by atoms with Gasteiger partial charge in [-0.1, -0.05) is 23.7 Å². The van der Waals surface area contributed by atoms with Crippen molar-refractivity contribution in [2.45, 2.75) is 23.9 Å². The molecule has 0 aliphatic rings. The van der Waals surface area contributed by atoms with Crippen LogP contribution in [0, 0.1) is 0 Å². The van der Waals surface area contributed by atoms with Crippen molar-refractivity contribution in [3.8, 4) is 0 Å². The van der Waals surface area contributed by atoms with Gasteiger partial charge >= 0.3 is 5.97 Å². The molecule has 0 fully saturated rings. The van der Waals surface area contributed by atoms with Gasteiger partial charge < -0.3 is 10.1 Å². The van der Waals surface area contributed by atoms with Gasteiger partial charge in [-0.2, -0.15) is 16.5 Å². The molecule has 0 radical (unpaired) electrons. The number of amides is 1. The molecule has 0 heterocycles. The second-order valence-corrected chi connectivity index (χ2v) is 9.45. The molecular weight excluding hydrogens is 448 g/mol. The van der Waals surface area contributed by atoms with E-state index in [1.807, 2.05) is 6.26 Å². The number of thioether (sulfide) groups is 1. The van der Waals surface area contributed by atoms with Gasteiger partial charge in [-0.3, -0.25) is 4.79 Å². The zero-order chi connectivity index (χ0) is 22.1. The first-order chi connectivity index (χ1) is 14.3. The summed E-state index contributed by atoms with van der Waals surface area (Å²) in [6.07, 6.45) is 2.21. The summed E-state index contributed by atoms with van der Waals surface area (Å²) in [5.41, 5.74) is 1.17. The number of methoxy groups -OCH3 is 1. The third-order valence-electron chi connectivity index (χ3n) is 4.19. The first-order valence-corrected chi connectivity index (χ1v) is 12.2. The summed E-state index contributed by atoms with van der Waals surface area (Å²) in [4.78, 5) is 24.2. The highest BCUT2D eigenvalue weighted by Gasteiger charge is 2.25. The van der Waals surface area contributed by atoms with Crippen molar-refractivity contribution in [2.24, 2.45) is 0 Å². The SMILES string of the molecule is COC(=O)c1ccc(CNC(=O)[C@@H](CCSC)NS(=O)(=O)c2ccc(Cl)cc2)cc1. The summed E-state index contributed by atoms with van der Waals surface area (Å²) in [6, 6.07) is 11.4. The number of carbonyl (C=O) groups is 2. The van der Waals surface area contributed by atoms with Crippen molar-refractivity contribution >= 4 is 45.3 Å². The summed E-state index contributed by atoms with van der Waals surface area (Å²) >= 11 is 7.33. The number of sulfonamides is 1. The number of hydrogen-bond donors (Lipinski definition) is 2. The molecule has 2 N–H and O–H groups in total. The van der Waals surface area contributed by atoms with Crippen LogP contribution in [0.3, 0.4) is 0 Å². The number of ether oxygens (including phenoxy) is 1. The van der Waals surface area contributed by atoms with Gasteiger partial charge in [0.05, 0.1) is 17.6 Å². The molecule has 162 valence electrons. The maximum absolute atomic E-state index is 12.7. The molecule has 10 heteroatoms. The van der Waals surface area contributed by atoms with E-state index in [-0.39, 0.29) is 11.4 Å². The summed E-state index contributed by atoms with van der Waals surface area (Å²) in [5.74, 6) is -0.271. The van der Waals surface area contributed by atoms with Gasteiger partial charge in [0.2, 0.25) is 15.9 Å². The normalized spacial score (nSPS) is 12.2. The van der Waals surface area contributed by atoms with Crippen LogP contribution >= 0.6 is 23.4 Å². The third-order valence-corrected chi connectivity index (χ3v) is 6.57. The third kappa shape index (κ3) is 7.02. The van der Waals surface area contributed by atoms with E-state index in [0.717, 1.165) is 5.56 Å². The molecule has 2 aromatic rings. The zero-order valence-corrected chi connectivity index (χ0v) is 18.9. The lowest BCUT2D eigenvalue weighted by Gasteiger charge is -2.18. The monoisotopic (exact) mass is 470 g/mol. The molecule has 2 aromatic carbocycles. The first kappa shape index (κ1) is 24.2. The number of esters is 1. The van der Waals surface area contributed by atoms with Crippen molar-refractivity contribution in [1.82, 2.24) is 10.0 Å². The van der Waals surface area contributed by atoms with Crippen LogP contribution in [0.5, 0.6) is 0 Å². The van der Waals surface area contributed by atoms with E-state index in [2.05, 4.69) is 14.8 Å². The van der Waals surface area contributed by atoms with Crippen LogP contribution in [-0.4, -0.2) is 45.5 Å². The van der Waals surface area contributed by atoms with Crippen molar-refractivity contribution in [1.29, 1.82) is 0 Å². The summed E-state index contributed by atoms with van der Waals surface area (Å²) < 4.78 is 32.4. The van der Waals surface area contributed by atoms with E-state index >= 15 is 0 Å². The molecule has 0 bridgehead atoms. The molecule has 7 nitrogen and oxygen atoms in total. The molecule has 0 spiro atoms. The zero-order valence-electron chi connectivity index (χ0n) is 16.6. The van der Waals surface area contributed by atoms with E-state index in [4.69, 9.17) is 11.6 Å². The molecule has 30 heavy (non-hydrogen) atoms. The fourth-order valence-electron chi connectivity index (χ4n) is 2.54. The van der Waals surface area contributed by atoms with Gasteiger partial charge in [0.15, 0.2) is 0 Å². The van der Waals surface area contributed by atoms with E-state index < -0.39 is 27.9 Å². The number of rotatable bonds is 10. The smallest absolute Gasteiger partial charge is 0.337 e.